The smallest absolute Gasteiger partial charge is 0.323 e. The van der Waals surface area contributed by atoms with Gasteiger partial charge < -0.3 is 19.9 Å². The van der Waals surface area contributed by atoms with Crippen molar-refractivity contribution < 1.29 is 24.2 Å². The molecular weight excluding hydrogens is 466 g/mol. The number of piperidine rings is 1. The molecule has 0 aromatic heterocycles. The summed E-state index contributed by atoms with van der Waals surface area (Å²) in [6, 6.07) is -0.374. The van der Waals surface area contributed by atoms with Gasteiger partial charge in [-0.25, -0.2) is 0 Å². The zero-order valence-electron chi connectivity index (χ0n) is 24.3. The molecule has 37 heavy (non-hydrogen) atoms. The highest BCUT2D eigenvalue weighted by Crippen LogP contribution is 2.18. The SMILES string of the molecule is CCCCCCCCC(CCCCCCCC)OC(=O)CCCCCCCOC(=O)[C@@H]1C[C@H](O)CCN1. The van der Waals surface area contributed by atoms with E-state index in [4.69, 9.17) is 9.47 Å². The molecule has 0 amide bonds. The summed E-state index contributed by atoms with van der Waals surface area (Å²) in [5.74, 6) is -0.281. The summed E-state index contributed by atoms with van der Waals surface area (Å²) >= 11 is 0. The van der Waals surface area contributed by atoms with Crippen molar-refractivity contribution in [2.45, 2.75) is 173 Å². The number of aliphatic hydroxyl groups is 1. The Balaban J connectivity index is 2.12. The van der Waals surface area contributed by atoms with Crippen LogP contribution in [0, 0.1) is 0 Å². The van der Waals surface area contributed by atoms with Crippen LogP contribution in [0.15, 0.2) is 0 Å². The highest BCUT2D eigenvalue weighted by Gasteiger charge is 2.26. The number of hydrogen-bond acceptors (Lipinski definition) is 6. The average molecular weight is 526 g/mol. The molecule has 0 unspecified atom stereocenters. The molecule has 1 rings (SSSR count). The predicted octanol–water partition coefficient (Wildman–Crippen LogP) is 7.40. The van der Waals surface area contributed by atoms with Gasteiger partial charge in [-0.3, -0.25) is 9.59 Å². The highest BCUT2D eigenvalue weighted by molar-refractivity contribution is 5.76. The van der Waals surface area contributed by atoms with Crippen molar-refractivity contribution in [2.24, 2.45) is 0 Å². The second-order valence-corrected chi connectivity index (χ2v) is 11.1. The van der Waals surface area contributed by atoms with E-state index in [-0.39, 0.29) is 24.1 Å². The van der Waals surface area contributed by atoms with Crippen molar-refractivity contribution in [3.8, 4) is 0 Å². The van der Waals surface area contributed by atoms with Gasteiger partial charge in [0.15, 0.2) is 0 Å². The quantitative estimate of drug-likeness (QED) is 0.101. The molecule has 1 fully saturated rings. The molecule has 0 radical (unpaired) electrons. The first kappa shape index (κ1) is 33.9. The largest absolute Gasteiger partial charge is 0.465 e. The Morgan fingerprint density at radius 2 is 1.32 bits per heavy atom. The van der Waals surface area contributed by atoms with Gasteiger partial charge in [-0.2, -0.15) is 0 Å². The van der Waals surface area contributed by atoms with Gasteiger partial charge >= 0.3 is 11.9 Å². The molecule has 2 atom stereocenters. The van der Waals surface area contributed by atoms with Gasteiger partial charge in [0.25, 0.3) is 0 Å². The van der Waals surface area contributed by atoms with Crippen LogP contribution in [0.25, 0.3) is 0 Å². The lowest BCUT2D eigenvalue weighted by Gasteiger charge is -2.25. The van der Waals surface area contributed by atoms with Crippen molar-refractivity contribution in [2.75, 3.05) is 13.2 Å². The van der Waals surface area contributed by atoms with E-state index in [0.29, 0.717) is 32.4 Å². The number of rotatable bonds is 24. The molecule has 1 aliphatic rings. The van der Waals surface area contributed by atoms with E-state index in [1.54, 1.807) is 0 Å². The third-order valence-electron chi connectivity index (χ3n) is 7.49. The van der Waals surface area contributed by atoms with Gasteiger partial charge in [-0.1, -0.05) is 97.3 Å². The first-order chi connectivity index (χ1) is 18.1. The molecule has 218 valence electrons. The molecule has 6 nitrogen and oxygen atoms in total. The molecule has 1 heterocycles. The molecular formula is C31H59NO5. The van der Waals surface area contributed by atoms with Crippen LogP contribution >= 0.6 is 0 Å². The molecule has 0 saturated carbocycles. The number of ether oxygens (including phenoxy) is 2. The Morgan fingerprint density at radius 3 is 1.92 bits per heavy atom. The van der Waals surface area contributed by atoms with Crippen molar-refractivity contribution in [3.63, 3.8) is 0 Å². The maximum atomic E-state index is 12.5. The van der Waals surface area contributed by atoms with E-state index in [1.165, 1.54) is 77.0 Å². The van der Waals surface area contributed by atoms with E-state index < -0.39 is 6.10 Å². The lowest BCUT2D eigenvalue weighted by molar-refractivity contribution is -0.150. The highest BCUT2D eigenvalue weighted by atomic mass is 16.5. The fraction of sp³-hybridized carbons (Fsp3) is 0.935. The van der Waals surface area contributed by atoms with E-state index in [0.717, 1.165) is 44.9 Å². The third-order valence-corrected chi connectivity index (χ3v) is 7.49. The second-order valence-electron chi connectivity index (χ2n) is 11.1. The molecule has 0 bridgehead atoms. The summed E-state index contributed by atoms with van der Waals surface area (Å²) in [5, 5.41) is 12.8. The Bertz CT molecular complexity index is 540. The van der Waals surface area contributed by atoms with Crippen LogP contribution in [-0.4, -0.2) is 48.4 Å². The van der Waals surface area contributed by atoms with E-state index in [2.05, 4.69) is 19.2 Å². The van der Waals surface area contributed by atoms with Crippen molar-refractivity contribution in [1.82, 2.24) is 5.32 Å². The molecule has 0 aromatic rings. The minimum absolute atomic E-state index is 0.0296. The van der Waals surface area contributed by atoms with Crippen molar-refractivity contribution in [3.05, 3.63) is 0 Å². The number of carbonyl (C=O) groups is 2. The number of hydrogen-bond donors (Lipinski definition) is 2. The van der Waals surface area contributed by atoms with Crippen LogP contribution in [-0.2, 0) is 19.1 Å². The number of aliphatic hydroxyl groups excluding tert-OH is 1. The zero-order valence-corrected chi connectivity index (χ0v) is 24.3. The number of nitrogens with one attached hydrogen (secondary N) is 1. The first-order valence-corrected chi connectivity index (χ1v) is 15.8. The lowest BCUT2D eigenvalue weighted by Crippen LogP contribution is -2.46. The van der Waals surface area contributed by atoms with Gasteiger partial charge in [0.2, 0.25) is 0 Å². The Labute approximate surface area is 228 Å². The van der Waals surface area contributed by atoms with Crippen LogP contribution in [0.2, 0.25) is 0 Å². The van der Waals surface area contributed by atoms with Crippen LogP contribution in [0.4, 0.5) is 0 Å². The predicted molar refractivity (Wildman–Crippen MR) is 152 cm³/mol. The van der Waals surface area contributed by atoms with Crippen LogP contribution in [0.1, 0.15) is 155 Å². The molecule has 0 aromatic carbocycles. The maximum Gasteiger partial charge on any atom is 0.323 e. The molecule has 1 aliphatic heterocycles. The fourth-order valence-corrected chi connectivity index (χ4v) is 5.06. The molecule has 2 N–H and O–H groups in total. The number of esters is 2. The van der Waals surface area contributed by atoms with Gasteiger partial charge in [0, 0.05) is 6.42 Å². The normalized spacial score (nSPS) is 17.7. The first-order valence-electron chi connectivity index (χ1n) is 15.8. The number of unbranched alkanes of at least 4 members (excludes halogenated alkanes) is 14. The molecule has 1 saturated heterocycles. The summed E-state index contributed by atoms with van der Waals surface area (Å²) in [6.45, 7) is 5.57. The topological polar surface area (TPSA) is 84.9 Å². The van der Waals surface area contributed by atoms with E-state index in [1.807, 2.05) is 0 Å². The third kappa shape index (κ3) is 19.6. The number of carbonyl (C=O) groups excluding carboxylic acids is 2. The second kappa shape index (κ2) is 23.9. The van der Waals surface area contributed by atoms with Gasteiger partial charge in [0.1, 0.15) is 12.1 Å². The van der Waals surface area contributed by atoms with Gasteiger partial charge in [-0.05, 0) is 57.9 Å². The van der Waals surface area contributed by atoms with Crippen molar-refractivity contribution >= 4 is 11.9 Å². The van der Waals surface area contributed by atoms with E-state index in [9.17, 15) is 14.7 Å². The Hall–Kier alpha value is -1.14. The van der Waals surface area contributed by atoms with Gasteiger partial charge in [0.05, 0.1) is 12.7 Å². The monoisotopic (exact) mass is 525 g/mol. The van der Waals surface area contributed by atoms with Crippen LogP contribution in [0.3, 0.4) is 0 Å². The minimum atomic E-state index is -0.410. The summed E-state index contributed by atoms with van der Waals surface area (Å²) in [5.41, 5.74) is 0. The van der Waals surface area contributed by atoms with Crippen molar-refractivity contribution in [1.29, 1.82) is 0 Å². The summed E-state index contributed by atoms with van der Waals surface area (Å²) in [7, 11) is 0. The van der Waals surface area contributed by atoms with Crippen LogP contribution in [0.5, 0.6) is 0 Å². The van der Waals surface area contributed by atoms with Crippen LogP contribution < -0.4 is 5.32 Å². The molecule has 0 spiro atoms. The zero-order chi connectivity index (χ0) is 27.0. The van der Waals surface area contributed by atoms with Gasteiger partial charge in [-0.15, -0.1) is 0 Å². The minimum Gasteiger partial charge on any atom is -0.465 e. The Morgan fingerprint density at radius 1 is 0.784 bits per heavy atom. The van der Waals surface area contributed by atoms with E-state index >= 15 is 0 Å². The molecule has 6 heteroatoms. The summed E-state index contributed by atoms with van der Waals surface area (Å²) < 4.78 is 11.3. The lowest BCUT2D eigenvalue weighted by atomic mass is 10.0. The Kier molecular flexibility index (Phi) is 21.9. The summed E-state index contributed by atoms with van der Waals surface area (Å²) in [6.07, 6.45) is 23.3. The average Bonchev–Trinajstić information content (AvgIpc) is 2.89. The maximum absolute atomic E-state index is 12.5. The molecule has 0 aliphatic carbocycles. The fourth-order valence-electron chi connectivity index (χ4n) is 5.06. The summed E-state index contributed by atoms with van der Waals surface area (Å²) in [4.78, 5) is 24.5. The standard InChI is InChI=1S/C31H59NO5/c1-3-5-7-9-12-16-20-28(21-17-13-10-8-6-4-2)37-30(34)22-18-14-11-15-19-25-36-31(35)29-26-27(33)23-24-32-29/h27-29,32-33H,3-26H2,1-2H3/t27-,29+/m1/s1.